The number of rotatable bonds is 6. The molecule has 1 unspecified atom stereocenters. The van der Waals surface area contributed by atoms with Gasteiger partial charge in [0, 0.05) is 12.8 Å². The molecule has 170 valence electrons. The van der Waals surface area contributed by atoms with E-state index in [2.05, 4.69) is 59.8 Å². The number of carbonyl (C=O) groups is 1. The van der Waals surface area contributed by atoms with E-state index in [9.17, 15) is 4.79 Å². The van der Waals surface area contributed by atoms with E-state index < -0.39 is 0 Å². The van der Waals surface area contributed by atoms with Crippen LogP contribution in [0.4, 0.5) is 0 Å². The van der Waals surface area contributed by atoms with Gasteiger partial charge in [-0.15, -0.1) is 0 Å². The highest BCUT2D eigenvalue weighted by molar-refractivity contribution is 5.80. The molecule has 30 heavy (non-hydrogen) atoms. The van der Waals surface area contributed by atoms with Crippen molar-refractivity contribution in [2.24, 2.45) is 46.8 Å². The molecule has 1 nitrogen and oxygen atoms in total. The molecular weight excluding hydrogens is 364 g/mol. The third kappa shape index (κ3) is 5.13. The van der Waals surface area contributed by atoms with Gasteiger partial charge in [0.2, 0.25) is 0 Å². The van der Waals surface area contributed by atoms with E-state index in [-0.39, 0.29) is 5.41 Å². The molecule has 0 aliphatic heterocycles. The van der Waals surface area contributed by atoms with Crippen molar-refractivity contribution in [2.45, 2.75) is 106 Å². The summed E-state index contributed by atoms with van der Waals surface area (Å²) in [5, 5.41) is 0. The van der Waals surface area contributed by atoms with Crippen LogP contribution < -0.4 is 0 Å². The van der Waals surface area contributed by atoms with Crippen molar-refractivity contribution in [3.8, 4) is 0 Å². The van der Waals surface area contributed by atoms with Crippen LogP contribution in [0.5, 0.6) is 0 Å². The van der Waals surface area contributed by atoms with Crippen LogP contribution >= 0.6 is 0 Å². The second-order valence-corrected chi connectivity index (χ2v) is 11.7. The molecule has 0 aromatic rings. The fourth-order valence-electron chi connectivity index (χ4n) is 7.16. The van der Waals surface area contributed by atoms with Gasteiger partial charge < -0.3 is 0 Å². The molecule has 1 heteroatoms. The first kappa shape index (κ1) is 23.8. The minimum absolute atomic E-state index is 0.262. The van der Waals surface area contributed by atoms with Gasteiger partial charge in [-0.2, -0.15) is 0 Å². The molecule has 0 amide bonds. The molecule has 0 aromatic heterocycles. The molecule has 0 radical (unpaired) electrons. The summed E-state index contributed by atoms with van der Waals surface area (Å²) in [6, 6.07) is 0. The second kappa shape index (κ2) is 10.2. The number of fused-ring (bicyclic) bond motifs is 3. The lowest BCUT2D eigenvalue weighted by atomic mass is 9.55. The number of Topliss-reactive ketones (excluding diaryl/α,β-unsaturated/α-hetero) is 1. The van der Waals surface area contributed by atoms with E-state index in [4.69, 9.17) is 0 Å². The first-order valence-corrected chi connectivity index (χ1v) is 13.1. The Balaban J connectivity index is 1.72. The number of allylic oxidation sites excluding steroid dienone is 4. The van der Waals surface area contributed by atoms with Crippen molar-refractivity contribution < 1.29 is 4.79 Å². The fraction of sp³-hybridized carbons (Fsp3) is 0.828. The van der Waals surface area contributed by atoms with Crippen LogP contribution in [-0.2, 0) is 4.79 Å². The molecule has 0 heterocycles. The van der Waals surface area contributed by atoms with E-state index in [0.29, 0.717) is 17.6 Å². The number of carbonyl (C=O) groups excluding carboxylic acids is 1. The van der Waals surface area contributed by atoms with Crippen molar-refractivity contribution >= 4 is 5.78 Å². The van der Waals surface area contributed by atoms with Crippen LogP contribution in [0.3, 0.4) is 0 Å². The highest BCUT2D eigenvalue weighted by atomic mass is 16.1. The second-order valence-electron chi connectivity index (χ2n) is 11.7. The standard InChI is InChI=1S/C29H48O/c1-7-23(20(2)3)13-11-21(4)27-10-8-9-24-14-15-25-19-26(30)17-18-29(25,6)28(24)16-12-22(27)5/h8-9,16,20-25,27H,7,10-15,17-19H2,1-6H3/b9-8-,28-16+/t21-,22+,23-,24-,25?,27-,29+/m1/s1. The summed E-state index contributed by atoms with van der Waals surface area (Å²) in [6.07, 6.45) is 19.5. The zero-order valence-corrected chi connectivity index (χ0v) is 20.8. The van der Waals surface area contributed by atoms with Crippen molar-refractivity contribution in [3.05, 3.63) is 23.8 Å². The first-order valence-electron chi connectivity index (χ1n) is 13.1. The molecule has 3 rings (SSSR count). The SMILES string of the molecule is CC[C@H](CC[C@@H](C)[C@H]1C/C=C\[C@@H]2CCC3CC(=O)CC[C@]3(C)/C2=C/C[C@@H]1C)C(C)C. The van der Waals surface area contributed by atoms with E-state index in [1.807, 2.05) is 0 Å². The first-order chi connectivity index (χ1) is 14.3. The smallest absolute Gasteiger partial charge is 0.133 e. The molecule has 3 aliphatic carbocycles. The van der Waals surface area contributed by atoms with E-state index in [1.54, 1.807) is 5.57 Å². The summed E-state index contributed by atoms with van der Waals surface area (Å²) >= 11 is 0. The van der Waals surface area contributed by atoms with E-state index in [1.165, 1.54) is 44.9 Å². The predicted octanol–water partition coefficient (Wildman–Crippen LogP) is 8.40. The molecular formula is C29H48O. The van der Waals surface area contributed by atoms with Gasteiger partial charge in [-0.05, 0) is 85.4 Å². The monoisotopic (exact) mass is 412 g/mol. The average Bonchev–Trinajstić information content (AvgIpc) is 2.78. The molecule has 0 saturated heterocycles. The highest BCUT2D eigenvalue weighted by Gasteiger charge is 2.46. The maximum atomic E-state index is 12.1. The van der Waals surface area contributed by atoms with Gasteiger partial charge in [0.1, 0.15) is 5.78 Å². The molecule has 2 saturated carbocycles. The Bertz CT molecular complexity index is 641. The highest BCUT2D eigenvalue weighted by Crippen LogP contribution is 2.55. The van der Waals surface area contributed by atoms with Gasteiger partial charge >= 0.3 is 0 Å². The third-order valence-electron chi connectivity index (χ3n) is 9.59. The number of hydrogen-bond donors (Lipinski definition) is 0. The van der Waals surface area contributed by atoms with Crippen LogP contribution in [0.25, 0.3) is 0 Å². The lowest BCUT2D eigenvalue weighted by molar-refractivity contribution is -0.124. The average molecular weight is 413 g/mol. The zero-order valence-electron chi connectivity index (χ0n) is 20.8. The minimum atomic E-state index is 0.262. The van der Waals surface area contributed by atoms with Crippen molar-refractivity contribution in [3.63, 3.8) is 0 Å². The quantitative estimate of drug-likeness (QED) is 0.400. The van der Waals surface area contributed by atoms with E-state index in [0.717, 1.165) is 48.9 Å². The Morgan fingerprint density at radius 3 is 2.60 bits per heavy atom. The minimum Gasteiger partial charge on any atom is -0.300 e. The summed E-state index contributed by atoms with van der Waals surface area (Å²) in [6.45, 7) is 14.6. The molecule has 0 spiro atoms. The summed E-state index contributed by atoms with van der Waals surface area (Å²) in [5.74, 6) is 5.72. The van der Waals surface area contributed by atoms with Crippen LogP contribution in [-0.4, -0.2) is 5.78 Å². The Morgan fingerprint density at radius 1 is 1.13 bits per heavy atom. The molecule has 0 N–H and O–H groups in total. The van der Waals surface area contributed by atoms with Crippen LogP contribution in [0.1, 0.15) is 106 Å². The normalized spacial score (nSPS) is 39.6. The third-order valence-corrected chi connectivity index (χ3v) is 9.59. The molecule has 0 aromatic carbocycles. The molecule has 3 aliphatic rings. The summed E-state index contributed by atoms with van der Waals surface area (Å²) in [7, 11) is 0. The molecule has 0 bridgehead atoms. The van der Waals surface area contributed by atoms with Crippen LogP contribution in [0.2, 0.25) is 0 Å². The Labute approximate surface area is 187 Å². The zero-order chi connectivity index (χ0) is 21.9. The number of hydrogen-bond acceptors (Lipinski definition) is 1. The fourth-order valence-corrected chi connectivity index (χ4v) is 7.16. The summed E-state index contributed by atoms with van der Waals surface area (Å²) in [4.78, 5) is 12.1. The topological polar surface area (TPSA) is 17.1 Å². The largest absolute Gasteiger partial charge is 0.300 e. The van der Waals surface area contributed by atoms with Crippen LogP contribution in [0.15, 0.2) is 23.8 Å². The van der Waals surface area contributed by atoms with Crippen molar-refractivity contribution in [1.82, 2.24) is 0 Å². The Hall–Kier alpha value is -0.850. The Morgan fingerprint density at radius 2 is 1.90 bits per heavy atom. The number of ketones is 1. The van der Waals surface area contributed by atoms with Gasteiger partial charge in [0.25, 0.3) is 0 Å². The van der Waals surface area contributed by atoms with Gasteiger partial charge in [-0.3, -0.25) is 4.79 Å². The van der Waals surface area contributed by atoms with Gasteiger partial charge in [0.05, 0.1) is 0 Å². The molecule has 7 atom stereocenters. The maximum absolute atomic E-state index is 12.1. The van der Waals surface area contributed by atoms with E-state index >= 15 is 0 Å². The lowest BCUT2D eigenvalue weighted by Crippen LogP contribution is -2.41. The van der Waals surface area contributed by atoms with Gasteiger partial charge in [0.15, 0.2) is 0 Å². The Kier molecular flexibility index (Phi) is 8.08. The van der Waals surface area contributed by atoms with Crippen molar-refractivity contribution in [2.75, 3.05) is 0 Å². The molecule has 2 fully saturated rings. The van der Waals surface area contributed by atoms with Gasteiger partial charge in [-0.25, -0.2) is 0 Å². The predicted molar refractivity (Wildman–Crippen MR) is 129 cm³/mol. The van der Waals surface area contributed by atoms with Gasteiger partial charge in [-0.1, -0.05) is 78.2 Å². The maximum Gasteiger partial charge on any atom is 0.133 e. The lowest BCUT2D eigenvalue weighted by Gasteiger charge is -2.49. The summed E-state index contributed by atoms with van der Waals surface area (Å²) in [5.41, 5.74) is 1.95. The van der Waals surface area contributed by atoms with Crippen molar-refractivity contribution in [1.29, 1.82) is 0 Å². The van der Waals surface area contributed by atoms with Crippen LogP contribution in [0, 0.1) is 46.8 Å². The summed E-state index contributed by atoms with van der Waals surface area (Å²) < 4.78 is 0.